The number of rotatable bonds is 5. The Kier molecular flexibility index (Phi) is 6.28. The Labute approximate surface area is 225 Å². The predicted octanol–water partition coefficient (Wildman–Crippen LogP) is 4.22. The minimum absolute atomic E-state index is 0.214. The van der Waals surface area contributed by atoms with E-state index in [1.807, 2.05) is 30.3 Å². The van der Waals surface area contributed by atoms with Gasteiger partial charge in [0.05, 0.1) is 22.2 Å². The first-order valence-electron chi connectivity index (χ1n) is 13.2. The van der Waals surface area contributed by atoms with E-state index in [4.69, 9.17) is 5.73 Å². The normalized spacial score (nSPS) is 14.3. The van der Waals surface area contributed by atoms with Gasteiger partial charge in [-0.3, -0.25) is 9.59 Å². The highest BCUT2D eigenvalue weighted by atomic mass is 16.1. The van der Waals surface area contributed by atoms with E-state index in [0.29, 0.717) is 33.7 Å². The lowest BCUT2D eigenvalue weighted by Crippen LogP contribution is -2.44. The minimum atomic E-state index is -0.328. The molecule has 0 atom stereocenters. The first-order valence-corrected chi connectivity index (χ1v) is 13.2. The zero-order valence-corrected chi connectivity index (χ0v) is 22.0. The molecule has 1 aliphatic rings. The maximum absolute atomic E-state index is 13.1. The van der Waals surface area contributed by atoms with Crippen LogP contribution in [0, 0.1) is 0 Å². The van der Waals surface area contributed by atoms with Gasteiger partial charge in [0.25, 0.3) is 11.5 Å². The first kappa shape index (κ1) is 24.7. The second-order valence-corrected chi connectivity index (χ2v) is 10.1. The molecule has 198 valence electrons. The molecule has 1 aliphatic heterocycles. The number of amides is 1. The van der Waals surface area contributed by atoms with E-state index in [-0.39, 0.29) is 17.0 Å². The third kappa shape index (κ3) is 4.72. The molecule has 3 aromatic carbocycles. The molecule has 9 heteroatoms. The van der Waals surface area contributed by atoms with Gasteiger partial charge < -0.3 is 30.8 Å². The number of imidazole rings is 1. The number of carbonyl (C=O) groups is 1. The van der Waals surface area contributed by atoms with E-state index in [2.05, 4.69) is 56.2 Å². The van der Waals surface area contributed by atoms with Crippen molar-refractivity contribution in [2.45, 2.75) is 13.3 Å². The summed E-state index contributed by atoms with van der Waals surface area (Å²) in [6, 6.07) is 18.9. The van der Waals surface area contributed by atoms with Crippen LogP contribution >= 0.6 is 0 Å². The van der Waals surface area contributed by atoms with Crippen LogP contribution in [0.25, 0.3) is 33.3 Å². The Morgan fingerprint density at radius 2 is 1.74 bits per heavy atom. The molecule has 6 rings (SSSR count). The third-order valence-electron chi connectivity index (χ3n) is 7.51. The molecule has 39 heavy (non-hydrogen) atoms. The molecular formula is C30H31N7O2. The minimum Gasteiger partial charge on any atom is -0.397 e. The van der Waals surface area contributed by atoms with Crippen molar-refractivity contribution in [3.8, 4) is 11.4 Å². The SMILES string of the molecule is CCc1ccc(C(=O)Nc2ccc3[nH]c(=O)c(-c4nc5ccc(N6CCN(C)CC6)cc5[nH]4)c(N)c3c2)cc1. The molecule has 0 bridgehead atoms. The zero-order valence-electron chi connectivity index (χ0n) is 22.0. The number of hydrogen-bond acceptors (Lipinski definition) is 6. The number of nitrogens with zero attached hydrogens (tertiary/aromatic N) is 3. The molecule has 0 saturated carbocycles. The number of H-pyrrole nitrogens is 2. The maximum Gasteiger partial charge on any atom is 0.261 e. The number of aromatic amines is 2. The zero-order chi connectivity index (χ0) is 27.1. The van der Waals surface area contributed by atoms with Crippen molar-refractivity contribution in [2.24, 2.45) is 0 Å². The Morgan fingerprint density at radius 1 is 0.974 bits per heavy atom. The molecule has 1 fully saturated rings. The molecule has 0 aliphatic carbocycles. The Bertz CT molecular complexity index is 1750. The summed E-state index contributed by atoms with van der Waals surface area (Å²) in [7, 11) is 2.13. The average Bonchev–Trinajstić information content (AvgIpc) is 3.36. The van der Waals surface area contributed by atoms with Crippen molar-refractivity contribution in [2.75, 3.05) is 49.2 Å². The molecule has 5 N–H and O–H groups in total. The third-order valence-corrected chi connectivity index (χ3v) is 7.51. The van der Waals surface area contributed by atoms with Crippen molar-refractivity contribution in [1.82, 2.24) is 19.9 Å². The fraction of sp³-hybridized carbons (Fsp3) is 0.233. The van der Waals surface area contributed by atoms with Crippen LogP contribution in [0.15, 0.2) is 65.5 Å². The monoisotopic (exact) mass is 521 g/mol. The second kappa shape index (κ2) is 9.92. The largest absolute Gasteiger partial charge is 0.397 e. The highest BCUT2D eigenvalue weighted by molar-refractivity contribution is 6.06. The van der Waals surface area contributed by atoms with Gasteiger partial charge in [-0.1, -0.05) is 19.1 Å². The van der Waals surface area contributed by atoms with E-state index in [9.17, 15) is 9.59 Å². The molecule has 3 heterocycles. The van der Waals surface area contributed by atoms with Gasteiger partial charge in [0, 0.05) is 48.5 Å². The van der Waals surface area contributed by atoms with Crippen LogP contribution in [-0.2, 0) is 6.42 Å². The molecule has 9 nitrogen and oxygen atoms in total. The van der Waals surface area contributed by atoms with Crippen LogP contribution in [-0.4, -0.2) is 59.0 Å². The second-order valence-electron chi connectivity index (χ2n) is 10.1. The molecule has 1 saturated heterocycles. The summed E-state index contributed by atoms with van der Waals surface area (Å²) in [6.07, 6.45) is 0.912. The first-order chi connectivity index (χ1) is 18.9. The number of nitrogens with one attached hydrogen (secondary N) is 3. The van der Waals surface area contributed by atoms with Gasteiger partial charge >= 0.3 is 0 Å². The van der Waals surface area contributed by atoms with Crippen LogP contribution in [0.2, 0.25) is 0 Å². The number of aromatic nitrogens is 3. The molecule has 1 amide bonds. The quantitative estimate of drug-likeness (QED) is 0.275. The molecule has 0 unspecified atom stereocenters. The highest BCUT2D eigenvalue weighted by Gasteiger charge is 2.19. The number of pyridine rings is 1. The van der Waals surface area contributed by atoms with Crippen LogP contribution in [0.1, 0.15) is 22.8 Å². The number of benzene rings is 3. The van der Waals surface area contributed by atoms with Crippen LogP contribution < -0.4 is 21.5 Å². The summed E-state index contributed by atoms with van der Waals surface area (Å²) in [5, 5.41) is 3.56. The van der Waals surface area contributed by atoms with Crippen LogP contribution in [0.4, 0.5) is 17.1 Å². The number of fused-ring (bicyclic) bond motifs is 2. The number of likely N-dealkylation sites (N-methyl/N-ethyl adjacent to an activating group) is 1. The molecule has 2 aromatic heterocycles. The van der Waals surface area contributed by atoms with Gasteiger partial charge in [-0.05, 0) is 67.6 Å². The summed E-state index contributed by atoms with van der Waals surface area (Å²) in [5.74, 6) is 0.195. The lowest BCUT2D eigenvalue weighted by atomic mass is 10.1. The summed E-state index contributed by atoms with van der Waals surface area (Å²) < 4.78 is 0. The van der Waals surface area contributed by atoms with Gasteiger partial charge in [-0.2, -0.15) is 0 Å². The van der Waals surface area contributed by atoms with Crippen molar-refractivity contribution in [1.29, 1.82) is 0 Å². The smallest absolute Gasteiger partial charge is 0.261 e. The van der Waals surface area contributed by atoms with Crippen molar-refractivity contribution < 1.29 is 4.79 Å². The lowest BCUT2D eigenvalue weighted by Gasteiger charge is -2.34. The number of nitrogens with two attached hydrogens (primary N) is 1. The van der Waals surface area contributed by atoms with Crippen molar-refractivity contribution in [3.05, 3.63) is 82.1 Å². The number of carbonyl (C=O) groups excluding carboxylic acids is 1. The number of nitrogen functional groups attached to an aromatic ring is 1. The van der Waals surface area contributed by atoms with Gasteiger partial charge in [-0.25, -0.2) is 4.98 Å². The fourth-order valence-corrected chi connectivity index (χ4v) is 5.10. The number of aryl methyl sites for hydroxylation is 1. The van der Waals surface area contributed by atoms with Gasteiger partial charge in [0.1, 0.15) is 11.4 Å². The van der Waals surface area contributed by atoms with E-state index in [0.717, 1.165) is 49.3 Å². The average molecular weight is 522 g/mol. The van der Waals surface area contributed by atoms with Crippen LogP contribution in [0.3, 0.4) is 0 Å². The predicted molar refractivity (Wildman–Crippen MR) is 158 cm³/mol. The number of piperazine rings is 1. The van der Waals surface area contributed by atoms with E-state index >= 15 is 0 Å². The number of anilines is 3. The van der Waals surface area contributed by atoms with Crippen molar-refractivity contribution in [3.63, 3.8) is 0 Å². The Morgan fingerprint density at radius 3 is 2.49 bits per heavy atom. The van der Waals surface area contributed by atoms with E-state index in [1.165, 1.54) is 5.56 Å². The summed E-state index contributed by atoms with van der Waals surface area (Å²) in [4.78, 5) is 41.5. The van der Waals surface area contributed by atoms with Gasteiger partial charge in [0.15, 0.2) is 0 Å². The Hall–Kier alpha value is -4.63. The molecule has 0 spiro atoms. The number of hydrogen-bond donors (Lipinski definition) is 4. The van der Waals surface area contributed by atoms with Crippen LogP contribution in [0.5, 0.6) is 0 Å². The Balaban J connectivity index is 1.32. The highest BCUT2D eigenvalue weighted by Crippen LogP contribution is 2.31. The summed E-state index contributed by atoms with van der Waals surface area (Å²) in [5.41, 5.74) is 12.5. The van der Waals surface area contributed by atoms with E-state index in [1.54, 1.807) is 18.2 Å². The summed E-state index contributed by atoms with van der Waals surface area (Å²) in [6.45, 7) is 6.03. The fourth-order valence-electron chi connectivity index (χ4n) is 5.10. The summed E-state index contributed by atoms with van der Waals surface area (Å²) >= 11 is 0. The van der Waals surface area contributed by atoms with Gasteiger partial charge in [0.2, 0.25) is 0 Å². The topological polar surface area (TPSA) is 123 Å². The van der Waals surface area contributed by atoms with Crippen molar-refractivity contribution >= 4 is 44.9 Å². The lowest BCUT2D eigenvalue weighted by molar-refractivity contribution is 0.102. The van der Waals surface area contributed by atoms with Gasteiger partial charge in [-0.15, -0.1) is 0 Å². The maximum atomic E-state index is 13.1. The standard InChI is InChI=1S/C30H31N7O2/c1-3-18-4-6-19(7-5-18)29(38)32-20-8-10-23-22(16-20)27(31)26(30(39)35-23)28-33-24-11-9-21(17-25(24)34-28)37-14-12-36(2)13-15-37/h4-11,16-17H,3,12-15H2,1-2H3,(H,32,38)(H,33,34)(H3,31,35,39). The molecular weight excluding hydrogens is 490 g/mol. The molecule has 0 radical (unpaired) electrons. The molecule has 5 aromatic rings. The van der Waals surface area contributed by atoms with E-state index < -0.39 is 0 Å².